The number of carbonyl (C=O) groups is 1. The maximum absolute atomic E-state index is 10.9. The molecule has 0 bridgehead atoms. The number of carbonyl (C=O) groups excluding carboxylic acids is 1. The van der Waals surface area contributed by atoms with E-state index in [0.717, 1.165) is 18.9 Å². The molecule has 1 rings (SSSR count). The van der Waals surface area contributed by atoms with Crippen LogP contribution in [0.2, 0.25) is 0 Å². The first-order chi connectivity index (χ1) is 6.11. The highest BCUT2D eigenvalue weighted by Gasteiger charge is 2.27. The molecule has 74 valence electrons. The van der Waals surface area contributed by atoms with Gasteiger partial charge in [-0.15, -0.1) is 0 Å². The van der Waals surface area contributed by atoms with E-state index in [9.17, 15) is 9.90 Å². The molecule has 3 heteroatoms. The number of hydrogen-bond donors (Lipinski definition) is 1. The van der Waals surface area contributed by atoms with Crippen molar-refractivity contribution in [3.63, 3.8) is 0 Å². The third-order valence-electron chi connectivity index (χ3n) is 2.32. The van der Waals surface area contributed by atoms with Crippen molar-refractivity contribution in [3.8, 4) is 0 Å². The van der Waals surface area contributed by atoms with Crippen LogP contribution >= 0.6 is 0 Å². The predicted octanol–water partition coefficient (Wildman–Crippen LogP) is 1.27. The summed E-state index contributed by atoms with van der Waals surface area (Å²) in [4.78, 5) is 10.9. The van der Waals surface area contributed by atoms with Gasteiger partial charge in [0.2, 0.25) is 0 Å². The Morgan fingerprint density at radius 2 is 2.23 bits per heavy atom. The lowest BCUT2D eigenvalue weighted by Gasteiger charge is -2.29. The number of hydrogen-bond acceptors (Lipinski definition) is 3. The molecule has 1 fully saturated rings. The molecule has 3 atom stereocenters. The van der Waals surface area contributed by atoms with Crippen LogP contribution in [0.5, 0.6) is 0 Å². The molecule has 0 aromatic heterocycles. The van der Waals surface area contributed by atoms with Gasteiger partial charge in [0.05, 0.1) is 6.10 Å². The Kier molecular flexibility index (Phi) is 3.48. The number of esters is 1. The monoisotopic (exact) mass is 184 g/mol. The van der Waals surface area contributed by atoms with Gasteiger partial charge in [-0.05, 0) is 18.8 Å². The molecule has 0 amide bonds. The van der Waals surface area contributed by atoms with Crippen LogP contribution in [0.4, 0.5) is 0 Å². The quantitative estimate of drug-likeness (QED) is 0.519. The van der Waals surface area contributed by atoms with Gasteiger partial charge in [0.25, 0.3) is 0 Å². The Balaban J connectivity index is 2.41. The molecule has 1 aliphatic rings. The first-order valence-electron chi connectivity index (χ1n) is 4.63. The van der Waals surface area contributed by atoms with Crippen LogP contribution in [-0.2, 0) is 9.53 Å². The molecule has 0 aromatic rings. The van der Waals surface area contributed by atoms with Crippen molar-refractivity contribution in [2.75, 3.05) is 0 Å². The van der Waals surface area contributed by atoms with Crippen LogP contribution < -0.4 is 0 Å². The van der Waals surface area contributed by atoms with Crippen LogP contribution in [0.1, 0.15) is 26.2 Å². The standard InChI is InChI=1S/C10H16O3/c1-3-10(12)13-9-5-7(2)4-8(11)6-9/h3,7-9,11H,1,4-6H2,2H3. The van der Waals surface area contributed by atoms with Crippen molar-refractivity contribution < 1.29 is 14.6 Å². The summed E-state index contributed by atoms with van der Waals surface area (Å²) >= 11 is 0. The molecule has 13 heavy (non-hydrogen) atoms. The average molecular weight is 184 g/mol. The number of aliphatic hydroxyl groups is 1. The highest BCUT2D eigenvalue weighted by atomic mass is 16.5. The largest absolute Gasteiger partial charge is 0.459 e. The predicted molar refractivity (Wildman–Crippen MR) is 49.1 cm³/mol. The molecule has 1 saturated carbocycles. The zero-order valence-electron chi connectivity index (χ0n) is 7.90. The van der Waals surface area contributed by atoms with Gasteiger partial charge in [-0.1, -0.05) is 13.5 Å². The summed E-state index contributed by atoms with van der Waals surface area (Å²) in [5.74, 6) is 0.0256. The molecule has 0 aromatic carbocycles. The van der Waals surface area contributed by atoms with Gasteiger partial charge in [0.1, 0.15) is 6.10 Å². The van der Waals surface area contributed by atoms with Gasteiger partial charge in [-0.25, -0.2) is 4.79 Å². The summed E-state index contributed by atoms with van der Waals surface area (Å²) in [6.45, 7) is 5.38. The Morgan fingerprint density at radius 3 is 2.77 bits per heavy atom. The van der Waals surface area contributed by atoms with Gasteiger partial charge in [0.15, 0.2) is 0 Å². The molecule has 1 N–H and O–H groups in total. The molecule has 3 unspecified atom stereocenters. The molecular formula is C10H16O3. The summed E-state index contributed by atoms with van der Waals surface area (Å²) in [6.07, 6.45) is 2.91. The van der Waals surface area contributed by atoms with Crippen molar-refractivity contribution in [2.24, 2.45) is 5.92 Å². The van der Waals surface area contributed by atoms with Crippen LogP contribution in [0.25, 0.3) is 0 Å². The second-order valence-electron chi connectivity index (χ2n) is 3.73. The molecule has 0 aliphatic heterocycles. The number of aliphatic hydroxyl groups excluding tert-OH is 1. The van der Waals surface area contributed by atoms with E-state index in [-0.39, 0.29) is 12.2 Å². The smallest absolute Gasteiger partial charge is 0.330 e. The van der Waals surface area contributed by atoms with Crippen molar-refractivity contribution in [1.82, 2.24) is 0 Å². The van der Waals surface area contributed by atoms with Gasteiger partial charge in [0, 0.05) is 12.5 Å². The van der Waals surface area contributed by atoms with E-state index in [1.807, 2.05) is 0 Å². The molecule has 3 nitrogen and oxygen atoms in total. The van der Waals surface area contributed by atoms with E-state index in [2.05, 4.69) is 13.5 Å². The number of ether oxygens (including phenoxy) is 1. The van der Waals surface area contributed by atoms with Crippen LogP contribution in [0.15, 0.2) is 12.7 Å². The van der Waals surface area contributed by atoms with E-state index in [1.165, 1.54) is 0 Å². The van der Waals surface area contributed by atoms with E-state index in [0.29, 0.717) is 12.3 Å². The molecule has 0 spiro atoms. The third kappa shape index (κ3) is 3.19. The van der Waals surface area contributed by atoms with Gasteiger partial charge in [-0.3, -0.25) is 0 Å². The Hall–Kier alpha value is -0.830. The first kappa shape index (κ1) is 10.3. The minimum Gasteiger partial charge on any atom is -0.459 e. The van der Waals surface area contributed by atoms with Crippen molar-refractivity contribution in [1.29, 1.82) is 0 Å². The van der Waals surface area contributed by atoms with Gasteiger partial charge >= 0.3 is 5.97 Å². The molecular weight excluding hydrogens is 168 g/mol. The summed E-state index contributed by atoms with van der Waals surface area (Å²) in [5.41, 5.74) is 0. The third-order valence-corrected chi connectivity index (χ3v) is 2.32. The SMILES string of the molecule is C=CC(=O)OC1CC(C)CC(O)C1. The highest BCUT2D eigenvalue weighted by molar-refractivity contribution is 5.81. The lowest BCUT2D eigenvalue weighted by molar-refractivity contribution is -0.147. The second-order valence-corrected chi connectivity index (χ2v) is 3.73. The minimum absolute atomic E-state index is 0.135. The fraction of sp³-hybridized carbons (Fsp3) is 0.700. The van der Waals surface area contributed by atoms with Crippen LogP contribution in [0, 0.1) is 5.92 Å². The summed E-state index contributed by atoms with van der Waals surface area (Å²) in [7, 11) is 0. The van der Waals surface area contributed by atoms with E-state index in [1.54, 1.807) is 0 Å². The topological polar surface area (TPSA) is 46.5 Å². The maximum atomic E-state index is 10.9. The lowest BCUT2D eigenvalue weighted by atomic mass is 9.86. The highest BCUT2D eigenvalue weighted by Crippen LogP contribution is 2.26. The molecule has 0 radical (unpaired) electrons. The van der Waals surface area contributed by atoms with Gasteiger partial charge in [-0.2, -0.15) is 0 Å². The normalized spacial score (nSPS) is 33.8. The lowest BCUT2D eigenvalue weighted by Crippen LogP contribution is -2.31. The molecule has 0 saturated heterocycles. The molecule has 0 heterocycles. The summed E-state index contributed by atoms with van der Waals surface area (Å²) in [6, 6.07) is 0. The zero-order chi connectivity index (χ0) is 9.84. The summed E-state index contributed by atoms with van der Waals surface area (Å²) in [5, 5.41) is 9.42. The molecule has 1 aliphatic carbocycles. The summed E-state index contributed by atoms with van der Waals surface area (Å²) < 4.78 is 5.06. The maximum Gasteiger partial charge on any atom is 0.330 e. The zero-order valence-corrected chi connectivity index (χ0v) is 7.90. The van der Waals surface area contributed by atoms with Gasteiger partial charge < -0.3 is 9.84 Å². The van der Waals surface area contributed by atoms with E-state index >= 15 is 0 Å². The van der Waals surface area contributed by atoms with Crippen LogP contribution in [0.3, 0.4) is 0 Å². The fourth-order valence-corrected chi connectivity index (χ4v) is 1.81. The minimum atomic E-state index is -0.397. The van der Waals surface area contributed by atoms with Crippen molar-refractivity contribution >= 4 is 5.97 Å². The number of rotatable bonds is 2. The van der Waals surface area contributed by atoms with E-state index < -0.39 is 5.97 Å². The average Bonchev–Trinajstić information content (AvgIpc) is 2.02. The van der Waals surface area contributed by atoms with E-state index in [4.69, 9.17) is 4.74 Å². The Bertz CT molecular complexity index is 190. The fourth-order valence-electron chi connectivity index (χ4n) is 1.81. The van der Waals surface area contributed by atoms with Crippen molar-refractivity contribution in [2.45, 2.75) is 38.4 Å². The van der Waals surface area contributed by atoms with Crippen LogP contribution in [-0.4, -0.2) is 23.3 Å². The van der Waals surface area contributed by atoms with Crippen molar-refractivity contribution in [3.05, 3.63) is 12.7 Å². The second kappa shape index (κ2) is 4.42. The Labute approximate surface area is 78.4 Å². The first-order valence-corrected chi connectivity index (χ1v) is 4.63. The Morgan fingerprint density at radius 1 is 1.54 bits per heavy atom.